The van der Waals surface area contributed by atoms with Crippen molar-refractivity contribution in [1.82, 2.24) is 19.7 Å². The molecule has 1 saturated carbocycles. The van der Waals surface area contributed by atoms with Crippen LogP contribution in [0.1, 0.15) is 56.3 Å². The van der Waals surface area contributed by atoms with Gasteiger partial charge in [0.15, 0.2) is 6.10 Å². The molecule has 2 heterocycles. The van der Waals surface area contributed by atoms with Crippen LogP contribution < -0.4 is 10.3 Å². The molecular formula is C24H24N4O3. The number of aryl methyl sites for hydroxylation is 1. The molecule has 5 rings (SSSR count). The predicted molar refractivity (Wildman–Crippen MR) is 117 cm³/mol. The topological polar surface area (TPSA) is 83.0 Å². The Kier molecular flexibility index (Phi) is 5.02. The van der Waals surface area contributed by atoms with Crippen LogP contribution in [0.2, 0.25) is 0 Å². The van der Waals surface area contributed by atoms with E-state index in [2.05, 4.69) is 15.1 Å². The lowest BCUT2D eigenvalue weighted by Crippen LogP contribution is -2.26. The highest BCUT2D eigenvalue weighted by molar-refractivity contribution is 5.80. The van der Waals surface area contributed by atoms with E-state index in [0.717, 1.165) is 48.0 Å². The lowest BCUT2D eigenvalue weighted by atomic mass is 10.1. The fourth-order valence-corrected chi connectivity index (χ4v) is 4.26. The zero-order valence-electron chi connectivity index (χ0n) is 17.6. The van der Waals surface area contributed by atoms with E-state index in [1.54, 1.807) is 6.92 Å². The Morgan fingerprint density at radius 1 is 1.10 bits per heavy atom. The third-order valence-corrected chi connectivity index (χ3v) is 5.85. The van der Waals surface area contributed by atoms with Crippen molar-refractivity contribution in [2.75, 3.05) is 0 Å². The summed E-state index contributed by atoms with van der Waals surface area (Å²) < 4.78 is 13.2. The van der Waals surface area contributed by atoms with Gasteiger partial charge < -0.3 is 13.8 Å². The summed E-state index contributed by atoms with van der Waals surface area (Å²) in [5.74, 6) is 1.61. The molecule has 1 atom stereocenters. The van der Waals surface area contributed by atoms with Gasteiger partial charge in [0.2, 0.25) is 5.82 Å². The van der Waals surface area contributed by atoms with Gasteiger partial charge in [-0.2, -0.15) is 4.98 Å². The van der Waals surface area contributed by atoms with Gasteiger partial charge in [-0.1, -0.05) is 36.2 Å². The average Bonchev–Trinajstić information content (AvgIpc) is 3.48. The lowest BCUT2D eigenvalue weighted by Gasteiger charge is -2.17. The summed E-state index contributed by atoms with van der Waals surface area (Å²) in [5.41, 5.74) is 2.92. The van der Waals surface area contributed by atoms with E-state index in [1.807, 2.05) is 60.0 Å². The molecule has 7 heteroatoms. The highest BCUT2D eigenvalue weighted by atomic mass is 16.5. The minimum absolute atomic E-state index is 0.000817. The van der Waals surface area contributed by atoms with Crippen LogP contribution in [-0.4, -0.2) is 19.7 Å². The van der Waals surface area contributed by atoms with Gasteiger partial charge in [0.25, 0.3) is 11.4 Å². The van der Waals surface area contributed by atoms with Crippen LogP contribution in [0, 0.1) is 6.92 Å². The van der Waals surface area contributed by atoms with Crippen molar-refractivity contribution in [1.29, 1.82) is 0 Å². The number of hydrogen-bond donors (Lipinski definition) is 0. The fraction of sp³-hybridized carbons (Fsp3) is 0.333. The minimum Gasteiger partial charge on any atom is -0.481 e. The van der Waals surface area contributed by atoms with Crippen LogP contribution in [0.3, 0.4) is 0 Å². The van der Waals surface area contributed by atoms with Crippen LogP contribution >= 0.6 is 0 Å². The van der Waals surface area contributed by atoms with Crippen LogP contribution in [0.25, 0.3) is 22.4 Å². The van der Waals surface area contributed by atoms with Crippen molar-refractivity contribution in [3.8, 4) is 17.1 Å². The Balaban J connectivity index is 1.47. The maximum atomic E-state index is 12.8. The second-order valence-electron chi connectivity index (χ2n) is 8.04. The molecule has 158 valence electrons. The molecule has 7 nitrogen and oxygen atoms in total. The van der Waals surface area contributed by atoms with Crippen LogP contribution in [0.15, 0.2) is 57.8 Å². The second kappa shape index (κ2) is 7.98. The number of nitrogens with zero attached hydrogens (tertiary/aromatic N) is 4. The average molecular weight is 416 g/mol. The van der Waals surface area contributed by atoms with Gasteiger partial charge in [0.05, 0.1) is 11.0 Å². The molecule has 0 amide bonds. The third kappa shape index (κ3) is 3.71. The second-order valence-corrected chi connectivity index (χ2v) is 8.04. The summed E-state index contributed by atoms with van der Waals surface area (Å²) in [6.07, 6.45) is 4.01. The SMILES string of the molecule is Cc1nc2cc(-c3noc([C@H](C)Oc4ccccc4)n3)ccc2n(C2CCCC2)c1=O. The first kappa shape index (κ1) is 19.5. The van der Waals surface area contributed by atoms with Gasteiger partial charge >= 0.3 is 0 Å². The summed E-state index contributed by atoms with van der Waals surface area (Å²) >= 11 is 0. The molecule has 0 bridgehead atoms. The van der Waals surface area contributed by atoms with E-state index in [-0.39, 0.29) is 17.7 Å². The van der Waals surface area contributed by atoms with E-state index in [9.17, 15) is 4.79 Å². The van der Waals surface area contributed by atoms with E-state index < -0.39 is 0 Å². The van der Waals surface area contributed by atoms with Crippen LogP contribution in [0.5, 0.6) is 5.75 Å². The highest BCUT2D eigenvalue weighted by Crippen LogP contribution is 2.31. The molecule has 4 aromatic rings. The molecule has 0 N–H and O–H groups in total. The standard InChI is InChI=1S/C24H24N4O3/c1-15-24(29)28(18-8-6-7-9-18)21-13-12-17(14-20(21)25-15)22-26-23(31-27-22)16(2)30-19-10-4-3-5-11-19/h3-5,10-14,16,18H,6-9H2,1-2H3/t16-/m0/s1. The predicted octanol–water partition coefficient (Wildman–Crippen LogP) is 5.01. The lowest BCUT2D eigenvalue weighted by molar-refractivity contribution is 0.176. The van der Waals surface area contributed by atoms with Gasteiger partial charge in [0.1, 0.15) is 11.4 Å². The first-order chi connectivity index (χ1) is 15.1. The molecule has 1 aliphatic rings. The van der Waals surface area contributed by atoms with Crippen molar-refractivity contribution >= 4 is 11.0 Å². The Morgan fingerprint density at radius 2 is 1.87 bits per heavy atom. The maximum absolute atomic E-state index is 12.8. The summed E-state index contributed by atoms with van der Waals surface area (Å²) in [5, 5.41) is 4.13. The van der Waals surface area contributed by atoms with Crippen LogP contribution in [0.4, 0.5) is 0 Å². The molecule has 0 spiro atoms. The first-order valence-corrected chi connectivity index (χ1v) is 10.7. The molecule has 0 saturated heterocycles. The molecule has 2 aromatic heterocycles. The van der Waals surface area contributed by atoms with E-state index in [0.29, 0.717) is 17.4 Å². The fourth-order valence-electron chi connectivity index (χ4n) is 4.26. The van der Waals surface area contributed by atoms with Crippen molar-refractivity contribution in [2.24, 2.45) is 0 Å². The number of fused-ring (bicyclic) bond motifs is 1. The first-order valence-electron chi connectivity index (χ1n) is 10.7. The summed E-state index contributed by atoms with van der Waals surface area (Å²) in [4.78, 5) is 21.9. The zero-order valence-corrected chi connectivity index (χ0v) is 17.6. The van der Waals surface area contributed by atoms with E-state index in [4.69, 9.17) is 9.26 Å². The molecule has 1 aliphatic carbocycles. The zero-order chi connectivity index (χ0) is 21.4. The monoisotopic (exact) mass is 416 g/mol. The number of aromatic nitrogens is 4. The number of ether oxygens (including phenoxy) is 1. The van der Waals surface area contributed by atoms with Crippen molar-refractivity contribution in [3.63, 3.8) is 0 Å². The molecule has 0 radical (unpaired) electrons. The van der Waals surface area contributed by atoms with Gasteiger partial charge in [-0.3, -0.25) is 4.79 Å². The Labute approximate surface area is 179 Å². The van der Waals surface area contributed by atoms with Gasteiger partial charge in [-0.05, 0) is 57.0 Å². The largest absolute Gasteiger partial charge is 0.481 e. The van der Waals surface area contributed by atoms with E-state index in [1.165, 1.54) is 0 Å². The molecule has 0 aliphatic heterocycles. The van der Waals surface area contributed by atoms with Gasteiger partial charge in [0, 0.05) is 11.6 Å². The summed E-state index contributed by atoms with van der Waals surface area (Å²) in [6, 6.07) is 15.6. The molecule has 1 fully saturated rings. The number of rotatable bonds is 5. The Morgan fingerprint density at radius 3 is 2.65 bits per heavy atom. The third-order valence-electron chi connectivity index (χ3n) is 5.85. The minimum atomic E-state index is -0.378. The molecule has 2 aromatic carbocycles. The number of hydrogen-bond acceptors (Lipinski definition) is 6. The van der Waals surface area contributed by atoms with Crippen LogP contribution in [-0.2, 0) is 0 Å². The Bertz CT molecular complexity index is 1270. The molecule has 31 heavy (non-hydrogen) atoms. The molecule has 0 unspecified atom stereocenters. The van der Waals surface area contributed by atoms with Crippen molar-refractivity contribution < 1.29 is 9.26 Å². The van der Waals surface area contributed by atoms with Gasteiger partial charge in [-0.15, -0.1) is 0 Å². The number of benzene rings is 2. The van der Waals surface area contributed by atoms with Crippen molar-refractivity contribution in [2.45, 2.75) is 51.7 Å². The summed E-state index contributed by atoms with van der Waals surface area (Å²) in [6.45, 7) is 3.64. The highest BCUT2D eigenvalue weighted by Gasteiger charge is 2.22. The number of para-hydroxylation sites is 1. The summed E-state index contributed by atoms with van der Waals surface area (Å²) in [7, 11) is 0. The maximum Gasteiger partial charge on any atom is 0.272 e. The normalized spacial score (nSPS) is 15.4. The smallest absolute Gasteiger partial charge is 0.272 e. The van der Waals surface area contributed by atoms with E-state index >= 15 is 0 Å². The quantitative estimate of drug-likeness (QED) is 0.455. The Hall–Kier alpha value is -3.48. The van der Waals surface area contributed by atoms with Gasteiger partial charge in [-0.25, -0.2) is 4.98 Å². The van der Waals surface area contributed by atoms with Crippen molar-refractivity contribution in [3.05, 3.63) is 70.5 Å². The molecular weight excluding hydrogens is 392 g/mol.